The first-order valence-electron chi connectivity index (χ1n) is 19.6. The van der Waals surface area contributed by atoms with Crippen molar-refractivity contribution in [2.75, 3.05) is 6.61 Å². The van der Waals surface area contributed by atoms with Gasteiger partial charge in [0.2, 0.25) is 0 Å². The number of carbonyl (C=O) groups excluding carboxylic acids is 2. The lowest BCUT2D eigenvalue weighted by molar-refractivity contribution is -0.157. The molecule has 7 heteroatoms. The molecule has 5 nitrogen and oxygen atoms in total. The first kappa shape index (κ1) is 42.9. The van der Waals surface area contributed by atoms with Gasteiger partial charge in [-0.1, -0.05) is 92.7 Å². The molecule has 0 aromatic rings. The van der Waals surface area contributed by atoms with Crippen molar-refractivity contribution in [3.05, 3.63) is 47.6 Å². The van der Waals surface area contributed by atoms with Crippen molar-refractivity contribution in [2.45, 2.75) is 176 Å². The molecule has 0 aliphatic heterocycles. The summed E-state index contributed by atoms with van der Waals surface area (Å²) < 4.78 is 19.5. The molecule has 0 aromatic heterocycles. The van der Waals surface area contributed by atoms with Gasteiger partial charge in [0.15, 0.2) is 22.4 Å². The van der Waals surface area contributed by atoms with E-state index < -0.39 is 28.0 Å². The van der Waals surface area contributed by atoms with Gasteiger partial charge < -0.3 is 13.6 Å². The minimum Gasteiger partial charge on any atom is -0.465 e. The molecule has 3 rings (SSSR count). The van der Waals surface area contributed by atoms with Crippen LogP contribution in [0.1, 0.15) is 128 Å². The predicted molar refractivity (Wildman–Crippen MR) is 215 cm³/mol. The first-order valence-corrected chi connectivity index (χ1v) is 25.4. The van der Waals surface area contributed by atoms with Gasteiger partial charge in [-0.25, -0.2) is 0 Å². The van der Waals surface area contributed by atoms with E-state index in [1.807, 2.05) is 6.92 Å². The molecule has 3 aliphatic rings. The molecule has 0 amide bonds. The van der Waals surface area contributed by atoms with Crippen LogP contribution >= 0.6 is 0 Å². The minimum absolute atomic E-state index is 0.0228. The third-order valence-electron chi connectivity index (χ3n) is 13.5. The maximum absolute atomic E-state index is 13.1. The second kappa shape index (κ2) is 15.8. The average Bonchev–Trinajstić information content (AvgIpc) is 3.35. The number of ketones is 1. The van der Waals surface area contributed by atoms with Gasteiger partial charge in [-0.3, -0.25) is 9.59 Å². The Morgan fingerprint density at radius 2 is 1.56 bits per heavy atom. The standard InChI is InChI=1S/C43H74O5Si2/c1-17-27-46-39(45)42(10,11)38(44)25-20-30(2)35-23-24-36-32(19-18-26-43(35,36)12)21-22-33-28-34(47-49(13,14)40(4,5)6)29-37(31(33)3)48-50(15,16)41(7,8)9/h20-22,25,30,34-37H,3,17-19,23-24,26-29H2,1-2,4-16H3/b25-20+,32-21+,33-22-/t30-,34-,35-,36+,37+,43-/m1/s1. The van der Waals surface area contributed by atoms with Gasteiger partial charge in [-0.05, 0) is 135 Å². The summed E-state index contributed by atoms with van der Waals surface area (Å²) in [5.74, 6) is 0.634. The molecule has 0 N–H and O–H groups in total. The van der Waals surface area contributed by atoms with Crippen LogP contribution in [-0.2, 0) is 23.2 Å². The van der Waals surface area contributed by atoms with E-state index in [2.05, 4.69) is 106 Å². The molecule has 0 bridgehead atoms. The van der Waals surface area contributed by atoms with Crippen LogP contribution in [0.4, 0.5) is 0 Å². The number of rotatable bonds is 12. The number of allylic oxidation sites excluding steroid dienone is 5. The minimum atomic E-state index is -2.02. The van der Waals surface area contributed by atoms with Gasteiger partial charge >= 0.3 is 5.97 Å². The van der Waals surface area contributed by atoms with E-state index in [4.69, 9.17) is 13.6 Å². The van der Waals surface area contributed by atoms with Crippen molar-refractivity contribution < 1.29 is 23.2 Å². The smallest absolute Gasteiger partial charge is 0.319 e. The third kappa shape index (κ3) is 9.51. The summed E-state index contributed by atoms with van der Waals surface area (Å²) in [6.45, 7) is 38.4. The van der Waals surface area contributed by atoms with Gasteiger partial charge in [-0.2, -0.15) is 0 Å². The van der Waals surface area contributed by atoms with Crippen LogP contribution in [0.25, 0.3) is 0 Å². The quantitative estimate of drug-likeness (QED) is 0.0867. The summed E-state index contributed by atoms with van der Waals surface area (Å²) in [6.07, 6.45) is 17.0. The Bertz CT molecular complexity index is 1340. The molecule has 0 heterocycles. The normalized spacial score (nSPS) is 29.5. The van der Waals surface area contributed by atoms with Crippen LogP contribution in [0, 0.1) is 28.6 Å². The summed E-state index contributed by atoms with van der Waals surface area (Å²) in [5.41, 5.74) is 2.98. The Labute approximate surface area is 309 Å². The third-order valence-corrected chi connectivity index (χ3v) is 22.5. The van der Waals surface area contributed by atoms with E-state index >= 15 is 0 Å². The van der Waals surface area contributed by atoms with Crippen LogP contribution in [0.2, 0.25) is 36.3 Å². The second-order valence-electron chi connectivity index (χ2n) is 19.7. The van der Waals surface area contributed by atoms with E-state index in [-0.39, 0.29) is 39.4 Å². The van der Waals surface area contributed by atoms with E-state index in [1.165, 1.54) is 24.8 Å². The number of ether oxygens (including phenoxy) is 1. The first-order chi connectivity index (χ1) is 22.8. The SMILES string of the molecule is C=C1/C(=C\C=C2/CCC[C@]3(C)[C@@H]([C@H](C)/C=C/C(=O)C(C)(C)C(=O)OCCC)CC[C@@H]23)C[C@@H](O[Si](C)(C)C(C)(C)C)C[C@@H]1O[Si](C)(C)C(C)(C)C. The maximum atomic E-state index is 13.1. The predicted octanol–water partition coefficient (Wildman–Crippen LogP) is 11.9. The van der Waals surface area contributed by atoms with E-state index in [0.29, 0.717) is 18.4 Å². The molecular weight excluding hydrogens is 653 g/mol. The summed E-state index contributed by atoms with van der Waals surface area (Å²) in [4.78, 5) is 25.7. The highest BCUT2D eigenvalue weighted by atomic mass is 28.4. The Morgan fingerprint density at radius 1 is 0.960 bits per heavy atom. The molecule has 0 radical (unpaired) electrons. The lowest BCUT2D eigenvalue weighted by Gasteiger charge is -2.45. The zero-order valence-electron chi connectivity index (χ0n) is 34.8. The van der Waals surface area contributed by atoms with Crippen LogP contribution in [0.5, 0.6) is 0 Å². The lowest BCUT2D eigenvalue weighted by Crippen LogP contribution is -2.49. The van der Waals surface area contributed by atoms with Crippen molar-refractivity contribution in [3.63, 3.8) is 0 Å². The number of carbonyl (C=O) groups is 2. The van der Waals surface area contributed by atoms with Crippen molar-refractivity contribution in [2.24, 2.45) is 28.6 Å². The fourth-order valence-electron chi connectivity index (χ4n) is 7.97. The second-order valence-corrected chi connectivity index (χ2v) is 29.2. The summed E-state index contributed by atoms with van der Waals surface area (Å²) in [7, 11) is -4.00. The molecule has 3 saturated carbocycles. The molecule has 0 aromatic carbocycles. The number of hydrogen-bond donors (Lipinski definition) is 0. The number of hydrogen-bond acceptors (Lipinski definition) is 5. The van der Waals surface area contributed by atoms with Gasteiger partial charge in [0.25, 0.3) is 0 Å². The average molecular weight is 727 g/mol. The maximum Gasteiger partial charge on any atom is 0.319 e. The molecule has 50 heavy (non-hydrogen) atoms. The van der Waals surface area contributed by atoms with Crippen molar-refractivity contribution in [1.82, 2.24) is 0 Å². The van der Waals surface area contributed by atoms with E-state index in [0.717, 1.165) is 37.7 Å². The van der Waals surface area contributed by atoms with E-state index in [9.17, 15) is 9.59 Å². The molecule has 284 valence electrons. The molecule has 0 spiro atoms. The zero-order valence-corrected chi connectivity index (χ0v) is 36.8. The summed E-state index contributed by atoms with van der Waals surface area (Å²) >= 11 is 0. The number of esters is 1. The van der Waals surface area contributed by atoms with Crippen LogP contribution in [-0.4, -0.2) is 47.2 Å². The Morgan fingerprint density at radius 3 is 2.14 bits per heavy atom. The fraction of sp³-hybridized carbons (Fsp3) is 0.767. The van der Waals surface area contributed by atoms with Gasteiger partial charge in [0.1, 0.15) is 5.41 Å². The van der Waals surface area contributed by atoms with Crippen LogP contribution < -0.4 is 0 Å². The van der Waals surface area contributed by atoms with E-state index in [1.54, 1.807) is 25.5 Å². The van der Waals surface area contributed by atoms with Gasteiger partial charge in [-0.15, -0.1) is 0 Å². The van der Waals surface area contributed by atoms with Crippen LogP contribution in [0.15, 0.2) is 47.6 Å². The highest BCUT2D eigenvalue weighted by Gasteiger charge is 2.51. The highest BCUT2D eigenvalue weighted by molar-refractivity contribution is 6.74. The molecule has 6 atom stereocenters. The number of fused-ring (bicyclic) bond motifs is 1. The Balaban J connectivity index is 1.86. The molecule has 0 saturated heterocycles. The van der Waals surface area contributed by atoms with Crippen molar-refractivity contribution in [3.8, 4) is 0 Å². The van der Waals surface area contributed by atoms with Gasteiger partial charge in [0.05, 0.1) is 18.8 Å². The highest BCUT2D eigenvalue weighted by Crippen LogP contribution is 2.59. The van der Waals surface area contributed by atoms with Crippen molar-refractivity contribution in [1.29, 1.82) is 0 Å². The van der Waals surface area contributed by atoms with Gasteiger partial charge in [0, 0.05) is 6.42 Å². The summed E-state index contributed by atoms with van der Waals surface area (Å²) in [6, 6.07) is 0. The topological polar surface area (TPSA) is 61.8 Å². The monoisotopic (exact) mass is 727 g/mol. The fourth-order valence-corrected chi connectivity index (χ4v) is 10.6. The Hall–Kier alpha value is -1.55. The molecular formula is C43H74O5Si2. The zero-order chi connectivity index (χ0) is 38.1. The van der Waals surface area contributed by atoms with Crippen LogP contribution in [0.3, 0.4) is 0 Å². The Kier molecular flexibility index (Phi) is 13.6. The molecule has 3 aliphatic carbocycles. The largest absolute Gasteiger partial charge is 0.465 e. The molecule has 3 fully saturated rings. The lowest BCUT2D eigenvalue weighted by atomic mass is 9.61. The summed E-state index contributed by atoms with van der Waals surface area (Å²) in [5, 5.41) is 0.263. The molecule has 0 unspecified atom stereocenters. The van der Waals surface area contributed by atoms with Crippen molar-refractivity contribution >= 4 is 28.4 Å².